The van der Waals surface area contributed by atoms with Crippen LogP contribution in [0.1, 0.15) is 24.0 Å². The van der Waals surface area contributed by atoms with E-state index in [1.165, 1.54) is 0 Å². The fourth-order valence-corrected chi connectivity index (χ4v) is 3.34. The molecule has 0 bridgehead atoms. The Bertz CT molecular complexity index is 698. The minimum atomic E-state index is 0.322. The number of hydrogen-bond acceptors (Lipinski definition) is 4. The monoisotopic (exact) mass is 379 g/mol. The second-order valence-corrected chi connectivity index (χ2v) is 6.63. The Kier molecular flexibility index (Phi) is 4.74. The SMILES string of the molecule is O=C1CCN(c2ncncc2Cc2ccc(Br)cc2Cl)CC1. The number of anilines is 1. The molecule has 1 aliphatic heterocycles. The number of carbonyl (C=O) groups excluding carboxylic acids is 1. The van der Waals surface area contributed by atoms with Crippen molar-refractivity contribution in [3.63, 3.8) is 0 Å². The number of Topliss-reactive ketones (excluding diaryl/α,β-unsaturated/α-hetero) is 1. The summed E-state index contributed by atoms with van der Waals surface area (Å²) in [6.45, 7) is 1.44. The van der Waals surface area contributed by atoms with Gasteiger partial charge in [0.25, 0.3) is 0 Å². The Morgan fingerprint density at radius 2 is 2.00 bits per heavy atom. The number of halogens is 2. The van der Waals surface area contributed by atoms with E-state index < -0.39 is 0 Å². The van der Waals surface area contributed by atoms with Crippen molar-refractivity contribution in [2.45, 2.75) is 19.3 Å². The topological polar surface area (TPSA) is 46.1 Å². The number of nitrogens with zero attached hydrogens (tertiary/aromatic N) is 3. The van der Waals surface area contributed by atoms with Crippen LogP contribution in [0.5, 0.6) is 0 Å². The van der Waals surface area contributed by atoms with Crippen LogP contribution in [-0.2, 0) is 11.2 Å². The van der Waals surface area contributed by atoms with Crippen LogP contribution in [0.15, 0.2) is 35.2 Å². The van der Waals surface area contributed by atoms with Crippen LogP contribution in [0.4, 0.5) is 5.82 Å². The van der Waals surface area contributed by atoms with E-state index in [2.05, 4.69) is 30.8 Å². The lowest BCUT2D eigenvalue weighted by atomic mass is 10.0. The Morgan fingerprint density at radius 3 is 2.73 bits per heavy atom. The Hall–Kier alpha value is -1.46. The molecular formula is C16H15BrClN3O. The van der Waals surface area contributed by atoms with Gasteiger partial charge in [0.15, 0.2) is 0 Å². The lowest BCUT2D eigenvalue weighted by Crippen LogP contribution is -2.35. The number of aromatic nitrogens is 2. The van der Waals surface area contributed by atoms with Gasteiger partial charge in [0, 0.05) is 53.6 Å². The van der Waals surface area contributed by atoms with E-state index in [1.807, 2.05) is 24.4 Å². The first-order valence-corrected chi connectivity index (χ1v) is 8.30. The average molecular weight is 381 g/mol. The molecule has 0 spiro atoms. The van der Waals surface area contributed by atoms with Crippen molar-refractivity contribution in [2.75, 3.05) is 18.0 Å². The van der Waals surface area contributed by atoms with E-state index in [1.54, 1.807) is 6.33 Å². The summed E-state index contributed by atoms with van der Waals surface area (Å²) >= 11 is 9.72. The minimum absolute atomic E-state index is 0.322. The van der Waals surface area contributed by atoms with E-state index >= 15 is 0 Å². The molecule has 4 nitrogen and oxygen atoms in total. The van der Waals surface area contributed by atoms with E-state index in [4.69, 9.17) is 11.6 Å². The molecule has 1 aliphatic rings. The standard InChI is InChI=1S/C16H15BrClN3O/c17-13-2-1-11(15(18)8-13)7-12-9-19-10-20-16(12)21-5-3-14(22)4-6-21/h1-2,8-10H,3-7H2. The third-order valence-corrected chi connectivity index (χ3v) is 4.63. The van der Waals surface area contributed by atoms with Crippen molar-refractivity contribution in [1.82, 2.24) is 9.97 Å². The molecule has 22 heavy (non-hydrogen) atoms. The first kappa shape index (κ1) is 15.4. The Labute approximate surface area is 142 Å². The molecule has 0 N–H and O–H groups in total. The molecule has 2 aromatic rings. The summed E-state index contributed by atoms with van der Waals surface area (Å²) < 4.78 is 0.959. The molecule has 0 radical (unpaired) electrons. The van der Waals surface area contributed by atoms with Crippen molar-refractivity contribution < 1.29 is 4.79 Å². The number of ketones is 1. The third kappa shape index (κ3) is 3.47. The smallest absolute Gasteiger partial charge is 0.136 e. The maximum atomic E-state index is 11.4. The van der Waals surface area contributed by atoms with Crippen LogP contribution in [0, 0.1) is 0 Å². The zero-order chi connectivity index (χ0) is 15.5. The molecule has 114 valence electrons. The number of hydrogen-bond donors (Lipinski definition) is 0. The van der Waals surface area contributed by atoms with Crippen LogP contribution in [0.2, 0.25) is 5.02 Å². The lowest BCUT2D eigenvalue weighted by molar-refractivity contribution is -0.119. The van der Waals surface area contributed by atoms with Gasteiger partial charge in [-0.3, -0.25) is 4.79 Å². The van der Waals surface area contributed by atoms with Gasteiger partial charge in [-0.25, -0.2) is 9.97 Å². The van der Waals surface area contributed by atoms with E-state index in [0.717, 1.165) is 39.5 Å². The molecule has 6 heteroatoms. The van der Waals surface area contributed by atoms with Gasteiger partial charge in [-0.15, -0.1) is 0 Å². The molecule has 0 saturated carbocycles. The number of piperidine rings is 1. The fourth-order valence-electron chi connectivity index (χ4n) is 2.60. The molecule has 1 fully saturated rings. The van der Waals surface area contributed by atoms with Crippen LogP contribution >= 0.6 is 27.5 Å². The van der Waals surface area contributed by atoms with Crippen molar-refractivity contribution >= 4 is 39.1 Å². The second kappa shape index (κ2) is 6.75. The lowest BCUT2D eigenvalue weighted by Gasteiger charge is -2.28. The second-order valence-electron chi connectivity index (χ2n) is 5.31. The van der Waals surface area contributed by atoms with E-state index in [-0.39, 0.29) is 0 Å². The van der Waals surface area contributed by atoms with Crippen LogP contribution in [0.3, 0.4) is 0 Å². The summed E-state index contributed by atoms with van der Waals surface area (Å²) in [5, 5.41) is 0.720. The summed E-state index contributed by atoms with van der Waals surface area (Å²) in [6.07, 6.45) is 5.23. The quantitative estimate of drug-likeness (QED) is 0.815. The summed E-state index contributed by atoms with van der Waals surface area (Å²) in [6, 6.07) is 5.87. The maximum absolute atomic E-state index is 11.4. The maximum Gasteiger partial charge on any atom is 0.136 e. The highest BCUT2D eigenvalue weighted by Crippen LogP contribution is 2.27. The minimum Gasteiger partial charge on any atom is -0.355 e. The highest BCUT2D eigenvalue weighted by atomic mass is 79.9. The molecule has 0 atom stereocenters. The van der Waals surface area contributed by atoms with Crippen molar-refractivity contribution in [1.29, 1.82) is 0 Å². The highest BCUT2D eigenvalue weighted by Gasteiger charge is 2.20. The summed E-state index contributed by atoms with van der Waals surface area (Å²) in [5.41, 5.74) is 2.06. The van der Waals surface area contributed by atoms with Crippen LogP contribution in [-0.4, -0.2) is 28.8 Å². The molecular weight excluding hydrogens is 366 g/mol. The predicted octanol–water partition coefficient (Wildman–Crippen LogP) is 3.65. The van der Waals surface area contributed by atoms with E-state index in [9.17, 15) is 4.79 Å². The van der Waals surface area contributed by atoms with E-state index in [0.29, 0.717) is 25.0 Å². The van der Waals surface area contributed by atoms with Gasteiger partial charge in [0.2, 0.25) is 0 Å². The Morgan fingerprint density at radius 1 is 1.23 bits per heavy atom. The highest BCUT2D eigenvalue weighted by molar-refractivity contribution is 9.10. The number of benzene rings is 1. The van der Waals surface area contributed by atoms with Gasteiger partial charge in [-0.05, 0) is 17.7 Å². The van der Waals surface area contributed by atoms with Gasteiger partial charge in [0.1, 0.15) is 17.9 Å². The first-order valence-electron chi connectivity index (χ1n) is 7.13. The van der Waals surface area contributed by atoms with Crippen LogP contribution < -0.4 is 4.90 Å². The Balaban J connectivity index is 1.86. The van der Waals surface area contributed by atoms with Gasteiger partial charge < -0.3 is 4.90 Å². The van der Waals surface area contributed by atoms with Gasteiger partial charge in [0.05, 0.1) is 0 Å². The molecule has 0 amide bonds. The summed E-state index contributed by atoms with van der Waals surface area (Å²) in [7, 11) is 0. The molecule has 1 aromatic carbocycles. The number of rotatable bonds is 3. The number of carbonyl (C=O) groups is 1. The largest absolute Gasteiger partial charge is 0.355 e. The fraction of sp³-hybridized carbons (Fsp3) is 0.312. The van der Waals surface area contributed by atoms with Gasteiger partial charge in [-0.1, -0.05) is 33.6 Å². The average Bonchev–Trinajstić information content (AvgIpc) is 2.51. The van der Waals surface area contributed by atoms with Gasteiger partial charge >= 0.3 is 0 Å². The van der Waals surface area contributed by atoms with Crippen molar-refractivity contribution in [3.8, 4) is 0 Å². The van der Waals surface area contributed by atoms with Crippen LogP contribution in [0.25, 0.3) is 0 Å². The molecule has 1 aromatic heterocycles. The molecule has 3 rings (SSSR count). The molecule has 2 heterocycles. The predicted molar refractivity (Wildman–Crippen MR) is 90.4 cm³/mol. The zero-order valence-electron chi connectivity index (χ0n) is 11.9. The molecule has 0 aliphatic carbocycles. The van der Waals surface area contributed by atoms with Gasteiger partial charge in [-0.2, -0.15) is 0 Å². The zero-order valence-corrected chi connectivity index (χ0v) is 14.3. The normalized spacial score (nSPS) is 15.2. The summed E-state index contributed by atoms with van der Waals surface area (Å²) in [5.74, 6) is 1.23. The van der Waals surface area contributed by atoms with Crippen molar-refractivity contribution in [3.05, 3.63) is 51.3 Å². The first-order chi connectivity index (χ1) is 10.6. The molecule has 0 unspecified atom stereocenters. The molecule has 1 saturated heterocycles. The van der Waals surface area contributed by atoms with Crippen molar-refractivity contribution in [2.24, 2.45) is 0 Å². The summed E-state index contributed by atoms with van der Waals surface area (Å²) in [4.78, 5) is 22.1. The third-order valence-electron chi connectivity index (χ3n) is 3.78.